The molecule has 0 aromatic carbocycles. The Morgan fingerprint density at radius 1 is 1.22 bits per heavy atom. The number of amides is 2. The minimum atomic E-state index is -0.599. The molecule has 0 saturated carbocycles. The maximum atomic E-state index is 12.3. The molecule has 2 amide bonds. The molecule has 23 heavy (non-hydrogen) atoms. The van der Waals surface area contributed by atoms with E-state index < -0.39 is 11.1 Å². The van der Waals surface area contributed by atoms with Crippen LogP contribution in [-0.2, 0) is 14.3 Å². The Labute approximate surface area is 151 Å². The van der Waals surface area contributed by atoms with Crippen molar-refractivity contribution in [1.29, 1.82) is 0 Å². The van der Waals surface area contributed by atoms with Crippen LogP contribution >= 0.6 is 22.6 Å². The topological polar surface area (TPSA) is 90.9 Å². The maximum Gasteiger partial charge on any atom is 0.229 e. The third-order valence-corrected chi connectivity index (χ3v) is 4.92. The zero-order valence-corrected chi connectivity index (χ0v) is 16.5. The van der Waals surface area contributed by atoms with Crippen LogP contribution in [0.3, 0.4) is 0 Å². The van der Waals surface area contributed by atoms with Crippen molar-refractivity contribution in [3.63, 3.8) is 0 Å². The Morgan fingerprint density at radius 3 is 2.26 bits per heavy atom. The SMILES string of the molecule is CC1(C)C[C@H](C(=O)NCCOCCNC(=O)CI)C(C)(C)N1O. The van der Waals surface area contributed by atoms with Gasteiger partial charge in [-0.25, -0.2) is 0 Å². The quantitative estimate of drug-likeness (QED) is 0.296. The number of hydrogen-bond donors (Lipinski definition) is 3. The number of carbonyl (C=O) groups excluding carboxylic acids is 2. The molecular weight excluding hydrogens is 413 g/mol. The Balaban J connectivity index is 2.26. The molecule has 1 aliphatic rings. The van der Waals surface area contributed by atoms with Gasteiger partial charge < -0.3 is 20.6 Å². The molecule has 1 heterocycles. The van der Waals surface area contributed by atoms with Crippen LogP contribution in [0.2, 0.25) is 0 Å². The van der Waals surface area contributed by atoms with Crippen LogP contribution in [0.1, 0.15) is 34.1 Å². The van der Waals surface area contributed by atoms with Crippen LogP contribution in [0.4, 0.5) is 0 Å². The van der Waals surface area contributed by atoms with Gasteiger partial charge in [-0.05, 0) is 34.1 Å². The molecule has 0 unspecified atom stereocenters. The smallest absolute Gasteiger partial charge is 0.229 e. The van der Waals surface area contributed by atoms with E-state index in [1.54, 1.807) is 0 Å². The van der Waals surface area contributed by atoms with E-state index >= 15 is 0 Å². The number of hydroxylamine groups is 2. The average molecular weight is 441 g/mol. The number of rotatable bonds is 8. The summed E-state index contributed by atoms with van der Waals surface area (Å²) in [5.41, 5.74) is -1.02. The summed E-state index contributed by atoms with van der Waals surface area (Å²) in [7, 11) is 0. The molecule has 7 nitrogen and oxygen atoms in total. The van der Waals surface area contributed by atoms with E-state index in [1.807, 2.05) is 50.3 Å². The molecule has 134 valence electrons. The summed E-state index contributed by atoms with van der Waals surface area (Å²) in [6.45, 7) is 9.30. The van der Waals surface area contributed by atoms with Crippen molar-refractivity contribution in [3.8, 4) is 0 Å². The third kappa shape index (κ3) is 5.54. The standard InChI is InChI=1S/C15H28IN3O4/c1-14(2)9-11(15(3,4)19(14)22)13(21)18-6-8-23-7-5-17-12(20)10-16/h11,22H,5-10H2,1-4H3,(H,17,20)(H,18,21)/t11-/m1/s1. The molecule has 0 bridgehead atoms. The van der Waals surface area contributed by atoms with Gasteiger partial charge in [-0.1, -0.05) is 22.6 Å². The van der Waals surface area contributed by atoms with Crippen molar-refractivity contribution in [1.82, 2.24) is 15.7 Å². The fourth-order valence-electron chi connectivity index (χ4n) is 2.96. The summed E-state index contributed by atoms with van der Waals surface area (Å²) in [5.74, 6) is -0.353. The summed E-state index contributed by atoms with van der Waals surface area (Å²) >= 11 is 2.00. The normalized spacial score (nSPS) is 22.8. The number of ether oxygens (including phenoxy) is 1. The first-order valence-electron chi connectivity index (χ1n) is 7.80. The molecule has 0 spiro atoms. The molecular formula is C15H28IN3O4. The lowest BCUT2D eigenvalue weighted by Gasteiger charge is -2.35. The summed E-state index contributed by atoms with van der Waals surface area (Å²) in [5, 5.41) is 17.1. The van der Waals surface area contributed by atoms with Gasteiger partial charge in [0.2, 0.25) is 11.8 Å². The largest absolute Gasteiger partial charge is 0.378 e. The molecule has 0 aliphatic carbocycles. The van der Waals surface area contributed by atoms with Gasteiger partial charge in [0.1, 0.15) is 0 Å². The molecule has 3 N–H and O–H groups in total. The summed E-state index contributed by atoms with van der Waals surface area (Å²) in [6, 6.07) is 0. The van der Waals surface area contributed by atoms with Gasteiger partial charge in [-0.15, -0.1) is 0 Å². The van der Waals surface area contributed by atoms with E-state index in [-0.39, 0.29) is 17.7 Å². The van der Waals surface area contributed by atoms with Crippen LogP contribution < -0.4 is 10.6 Å². The van der Waals surface area contributed by atoms with Gasteiger partial charge in [0.05, 0.1) is 29.1 Å². The summed E-state index contributed by atoms with van der Waals surface area (Å²) in [6.07, 6.45) is 0.603. The van der Waals surface area contributed by atoms with Gasteiger partial charge in [-0.2, -0.15) is 5.06 Å². The van der Waals surface area contributed by atoms with E-state index in [0.29, 0.717) is 37.2 Å². The van der Waals surface area contributed by atoms with Crippen LogP contribution in [0.25, 0.3) is 0 Å². The van der Waals surface area contributed by atoms with Gasteiger partial charge in [0, 0.05) is 18.6 Å². The van der Waals surface area contributed by atoms with Crippen molar-refractivity contribution >= 4 is 34.4 Å². The Bertz CT molecular complexity index is 429. The first-order chi connectivity index (χ1) is 10.6. The van der Waals surface area contributed by atoms with Crippen molar-refractivity contribution in [2.75, 3.05) is 30.7 Å². The van der Waals surface area contributed by atoms with Crippen LogP contribution in [0.5, 0.6) is 0 Å². The lowest BCUT2D eigenvalue weighted by molar-refractivity contribution is -0.197. The monoisotopic (exact) mass is 441 g/mol. The van der Waals surface area contributed by atoms with E-state index in [1.165, 1.54) is 5.06 Å². The Morgan fingerprint density at radius 2 is 1.78 bits per heavy atom. The van der Waals surface area contributed by atoms with Gasteiger partial charge in [0.15, 0.2) is 0 Å². The second kappa shape index (κ2) is 8.59. The number of nitrogens with zero attached hydrogens (tertiary/aromatic N) is 1. The average Bonchev–Trinajstić information content (AvgIpc) is 2.65. The van der Waals surface area contributed by atoms with Crippen molar-refractivity contribution in [2.45, 2.75) is 45.2 Å². The lowest BCUT2D eigenvalue weighted by atomic mass is 9.86. The molecule has 0 radical (unpaired) electrons. The number of hydrogen-bond acceptors (Lipinski definition) is 5. The second-order valence-corrected chi connectivity index (χ2v) is 7.68. The van der Waals surface area contributed by atoms with Gasteiger partial charge in [-0.3, -0.25) is 9.59 Å². The molecule has 1 rings (SSSR count). The fraction of sp³-hybridized carbons (Fsp3) is 0.867. The van der Waals surface area contributed by atoms with Crippen LogP contribution in [-0.4, -0.2) is 63.9 Å². The van der Waals surface area contributed by atoms with E-state index in [2.05, 4.69) is 10.6 Å². The highest BCUT2D eigenvalue weighted by atomic mass is 127. The van der Waals surface area contributed by atoms with E-state index in [9.17, 15) is 14.8 Å². The van der Waals surface area contributed by atoms with E-state index in [4.69, 9.17) is 4.74 Å². The molecule has 8 heteroatoms. The highest BCUT2D eigenvalue weighted by Crippen LogP contribution is 2.43. The summed E-state index contributed by atoms with van der Waals surface area (Å²) in [4.78, 5) is 23.4. The number of halogens is 1. The number of nitrogens with one attached hydrogen (secondary N) is 2. The van der Waals surface area contributed by atoms with E-state index in [0.717, 1.165) is 0 Å². The highest BCUT2D eigenvalue weighted by molar-refractivity contribution is 14.1. The predicted octanol–water partition coefficient (Wildman–Crippen LogP) is 0.939. The zero-order valence-electron chi connectivity index (χ0n) is 14.3. The third-order valence-electron chi connectivity index (χ3n) is 4.23. The first kappa shape index (κ1) is 20.6. The van der Waals surface area contributed by atoms with Gasteiger partial charge >= 0.3 is 0 Å². The minimum absolute atomic E-state index is 0.0119. The molecule has 1 fully saturated rings. The molecule has 1 saturated heterocycles. The van der Waals surface area contributed by atoms with Crippen LogP contribution in [0.15, 0.2) is 0 Å². The molecule has 0 aromatic rings. The minimum Gasteiger partial charge on any atom is -0.378 e. The fourth-order valence-corrected chi connectivity index (χ4v) is 3.23. The van der Waals surface area contributed by atoms with Crippen molar-refractivity contribution in [3.05, 3.63) is 0 Å². The highest BCUT2D eigenvalue weighted by Gasteiger charge is 2.54. The Kier molecular flexibility index (Phi) is 7.69. The maximum absolute atomic E-state index is 12.3. The van der Waals surface area contributed by atoms with Crippen molar-refractivity contribution in [2.24, 2.45) is 5.92 Å². The first-order valence-corrected chi connectivity index (χ1v) is 9.33. The number of carbonyl (C=O) groups is 2. The summed E-state index contributed by atoms with van der Waals surface area (Å²) < 4.78 is 5.80. The number of alkyl halides is 1. The molecule has 0 aromatic heterocycles. The lowest BCUT2D eigenvalue weighted by Crippen LogP contribution is -2.50. The zero-order chi connectivity index (χ0) is 17.7. The Hall–Kier alpha value is -0.450. The predicted molar refractivity (Wildman–Crippen MR) is 95.6 cm³/mol. The van der Waals surface area contributed by atoms with Crippen molar-refractivity contribution < 1.29 is 19.5 Å². The molecule has 1 atom stereocenters. The second-order valence-electron chi connectivity index (χ2n) is 6.92. The molecule has 1 aliphatic heterocycles. The van der Waals surface area contributed by atoms with Gasteiger partial charge in [0.25, 0.3) is 0 Å². The van der Waals surface area contributed by atoms with Crippen LogP contribution in [0, 0.1) is 5.92 Å².